The van der Waals surface area contributed by atoms with E-state index in [4.69, 9.17) is 10.5 Å². The molecule has 0 radical (unpaired) electrons. The van der Waals surface area contributed by atoms with Crippen LogP contribution in [0.4, 0.5) is 0 Å². The molecule has 76 valence electrons. The Balaban J connectivity index is 2.70. The zero-order chi connectivity index (χ0) is 10.7. The summed E-state index contributed by atoms with van der Waals surface area (Å²) in [6.07, 6.45) is 3.44. The highest BCUT2D eigenvalue weighted by molar-refractivity contribution is 5.91. The van der Waals surface area contributed by atoms with Gasteiger partial charge in [0.05, 0.1) is 7.11 Å². The number of benzene rings is 2. The maximum Gasteiger partial charge on any atom is 0.119 e. The molecule has 2 nitrogen and oxygen atoms in total. The fraction of sp³-hybridized carbons (Fsp3) is 0.0769. The third-order valence-corrected chi connectivity index (χ3v) is 2.40. The minimum Gasteiger partial charge on any atom is -0.497 e. The second-order valence-electron chi connectivity index (χ2n) is 3.29. The van der Waals surface area contributed by atoms with Gasteiger partial charge < -0.3 is 10.5 Å². The minimum absolute atomic E-state index is 0.861. The molecule has 2 N–H and O–H groups in total. The first kappa shape index (κ1) is 9.59. The molecule has 0 fully saturated rings. The highest BCUT2D eigenvalue weighted by Gasteiger charge is 1.99. The number of nitrogens with two attached hydrogens (primary N) is 1. The van der Waals surface area contributed by atoms with Crippen LogP contribution in [0, 0.1) is 0 Å². The number of hydrogen-bond donors (Lipinski definition) is 1. The second kappa shape index (κ2) is 4.05. The average molecular weight is 199 g/mol. The topological polar surface area (TPSA) is 35.2 Å². The minimum atomic E-state index is 0.861. The van der Waals surface area contributed by atoms with Crippen LogP contribution in [0.15, 0.2) is 42.6 Å². The monoisotopic (exact) mass is 199 g/mol. The van der Waals surface area contributed by atoms with E-state index in [1.54, 1.807) is 13.3 Å². The standard InChI is InChI=1S/C13H13NO/c1-15-12-6-5-10-3-2-4-11(7-8-14)13(10)9-12/h2-9H,14H2,1H3. The maximum absolute atomic E-state index is 5.41. The molecule has 0 atom stereocenters. The summed E-state index contributed by atoms with van der Waals surface area (Å²) < 4.78 is 5.20. The van der Waals surface area contributed by atoms with Crippen molar-refractivity contribution >= 4 is 16.8 Å². The molecule has 0 bridgehead atoms. The maximum atomic E-state index is 5.41. The van der Waals surface area contributed by atoms with E-state index in [1.165, 1.54) is 5.39 Å². The Morgan fingerprint density at radius 1 is 1.20 bits per heavy atom. The molecule has 0 aliphatic rings. The molecule has 0 saturated heterocycles. The van der Waals surface area contributed by atoms with Crippen molar-refractivity contribution in [3.05, 3.63) is 48.2 Å². The van der Waals surface area contributed by atoms with E-state index in [0.29, 0.717) is 0 Å². The Morgan fingerprint density at radius 3 is 2.80 bits per heavy atom. The van der Waals surface area contributed by atoms with Crippen molar-refractivity contribution in [2.75, 3.05) is 7.11 Å². The largest absolute Gasteiger partial charge is 0.497 e. The van der Waals surface area contributed by atoms with Crippen molar-refractivity contribution < 1.29 is 4.74 Å². The summed E-state index contributed by atoms with van der Waals surface area (Å²) in [5.41, 5.74) is 6.52. The van der Waals surface area contributed by atoms with Gasteiger partial charge in [-0.25, -0.2) is 0 Å². The molecule has 0 saturated carbocycles. The Kier molecular flexibility index (Phi) is 2.59. The molecule has 2 aromatic carbocycles. The highest BCUT2D eigenvalue weighted by atomic mass is 16.5. The number of ether oxygens (including phenoxy) is 1. The van der Waals surface area contributed by atoms with Crippen molar-refractivity contribution in [3.63, 3.8) is 0 Å². The van der Waals surface area contributed by atoms with Gasteiger partial charge in [0.15, 0.2) is 0 Å². The number of fused-ring (bicyclic) bond motifs is 1. The summed E-state index contributed by atoms with van der Waals surface area (Å²) in [5.74, 6) is 0.861. The molecule has 0 aliphatic carbocycles. The third kappa shape index (κ3) is 1.79. The van der Waals surface area contributed by atoms with Gasteiger partial charge in [-0.3, -0.25) is 0 Å². The first-order chi connectivity index (χ1) is 7.35. The lowest BCUT2D eigenvalue weighted by atomic mass is 10.0. The summed E-state index contributed by atoms with van der Waals surface area (Å²) in [6.45, 7) is 0. The molecular formula is C13H13NO. The Labute approximate surface area is 89.0 Å². The van der Waals surface area contributed by atoms with Gasteiger partial charge in [0, 0.05) is 0 Å². The summed E-state index contributed by atoms with van der Waals surface area (Å²) in [5, 5.41) is 2.34. The first-order valence-corrected chi connectivity index (χ1v) is 4.80. The molecule has 0 unspecified atom stereocenters. The van der Waals surface area contributed by atoms with Crippen LogP contribution < -0.4 is 10.5 Å². The lowest BCUT2D eigenvalue weighted by molar-refractivity contribution is 0.415. The van der Waals surface area contributed by atoms with Gasteiger partial charge in [-0.2, -0.15) is 0 Å². The summed E-state index contributed by atoms with van der Waals surface area (Å²) >= 11 is 0. The van der Waals surface area contributed by atoms with Crippen LogP contribution in [0.5, 0.6) is 5.75 Å². The third-order valence-electron chi connectivity index (χ3n) is 2.40. The van der Waals surface area contributed by atoms with Gasteiger partial charge >= 0.3 is 0 Å². The van der Waals surface area contributed by atoms with Crippen molar-refractivity contribution in [1.29, 1.82) is 0 Å². The number of methoxy groups -OCH3 is 1. The van der Waals surface area contributed by atoms with Crippen molar-refractivity contribution in [3.8, 4) is 5.75 Å². The summed E-state index contributed by atoms with van der Waals surface area (Å²) in [7, 11) is 1.67. The zero-order valence-electron chi connectivity index (χ0n) is 8.60. The van der Waals surface area contributed by atoms with Gasteiger partial charge in [0.25, 0.3) is 0 Å². The van der Waals surface area contributed by atoms with Crippen LogP contribution in [-0.4, -0.2) is 7.11 Å². The number of rotatable bonds is 2. The van der Waals surface area contributed by atoms with Crippen molar-refractivity contribution in [2.45, 2.75) is 0 Å². The number of hydrogen-bond acceptors (Lipinski definition) is 2. The molecule has 0 aromatic heterocycles. The fourth-order valence-corrected chi connectivity index (χ4v) is 1.65. The smallest absolute Gasteiger partial charge is 0.119 e. The molecule has 2 aromatic rings. The van der Waals surface area contributed by atoms with E-state index in [1.807, 2.05) is 36.4 Å². The zero-order valence-corrected chi connectivity index (χ0v) is 8.60. The van der Waals surface area contributed by atoms with Crippen LogP contribution in [0.3, 0.4) is 0 Å². The van der Waals surface area contributed by atoms with Crippen LogP contribution in [0.2, 0.25) is 0 Å². The first-order valence-electron chi connectivity index (χ1n) is 4.80. The normalized spacial score (nSPS) is 11.0. The van der Waals surface area contributed by atoms with Gasteiger partial charge in [-0.1, -0.05) is 24.3 Å². The lowest BCUT2D eigenvalue weighted by Crippen LogP contribution is -1.85. The molecular weight excluding hydrogens is 186 g/mol. The Morgan fingerprint density at radius 2 is 2.07 bits per heavy atom. The predicted octanol–water partition coefficient (Wildman–Crippen LogP) is 2.78. The van der Waals surface area contributed by atoms with Crippen LogP contribution in [-0.2, 0) is 0 Å². The highest BCUT2D eigenvalue weighted by Crippen LogP contribution is 2.24. The molecule has 0 heterocycles. The average Bonchev–Trinajstić information content (AvgIpc) is 2.29. The van der Waals surface area contributed by atoms with Gasteiger partial charge in [0.1, 0.15) is 5.75 Å². The van der Waals surface area contributed by atoms with E-state index in [0.717, 1.165) is 16.7 Å². The second-order valence-corrected chi connectivity index (χ2v) is 3.29. The van der Waals surface area contributed by atoms with Gasteiger partial charge in [-0.05, 0) is 40.7 Å². The van der Waals surface area contributed by atoms with E-state index >= 15 is 0 Å². The fourth-order valence-electron chi connectivity index (χ4n) is 1.65. The van der Waals surface area contributed by atoms with Crippen LogP contribution in [0.1, 0.15) is 5.56 Å². The molecule has 15 heavy (non-hydrogen) atoms. The SMILES string of the molecule is COc1ccc2cccc(C=CN)c2c1. The summed E-state index contributed by atoms with van der Waals surface area (Å²) in [4.78, 5) is 0. The predicted molar refractivity (Wildman–Crippen MR) is 63.7 cm³/mol. The van der Waals surface area contributed by atoms with Crippen molar-refractivity contribution in [2.24, 2.45) is 5.73 Å². The van der Waals surface area contributed by atoms with Crippen LogP contribution in [0.25, 0.3) is 16.8 Å². The lowest BCUT2D eigenvalue weighted by Gasteiger charge is -2.05. The molecule has 0 spiro atoms. The van der Waals surface area contributed by atoms with Gasteiger partial charge in [0.2, 0.25) is 0 Å². The molecule has 2 rings (SSSR count). The summed E-state index contributed by atoms with van der Waals surface area (Å²) in [6, 6.07) is 12.1. The van der Waals surface area contributed by atoms with E-state index in [-0.39, 0.29) is 0 Å². The van der Waals surface area contributed by atoms with E-state index in [9.17, 15) is 0 Å². The van der Waals surface area contributed by atoms with Crippen LogP contribution >= 0.6 is 0 Å². The quantitative estimate of drug-likeness (QED) is 0.807. The van der Waals surface area contributed by atoms with E-state index in [2.05, 4.69) is 6.07 Å². The van der Waals surface area contributed by atoms with E-state index < -0.39 is 0 Å². The van der Waals surface area contributed by atoms with Gasteiger partial charge in [-0.15, -0.1) is 0 Å². The Hall–Kier alpha value is -1.96. The van der Waals surface area contributed by atoms with Crippen molar-refractivity contribution in [1.82, 2.24) is 0 Å². The molecule has 0 aliphatic heterocycles. The molecule has 2 heteroatoms. The molecule has 0 amide bonds. The Bertz CT molecular complexity index is 503.